The van der Waals surface area contributed by atoms with Crippen molar-refractivity contribution in [2.75, 3.05) is 13.1 Å². The molecule has 0 saturated carbocycles. The van der Waals surface area contributed by atoms with E-state index in [1.165, 1.54) is 23.1 Å². The van der Waals surface area contributed by atoms with Gasteiger partial charge in [-0.25, -0.2) is 4.79 Å². The van der Waals surface area contributed by atoms with E-state index < -0.39 is 5.60 Å². The second-order valence-corrected chi connectivity index (χ2v) is 7.94. The third-order valence-electron chi connectivity index (χ3n) is 5.23. The number of aryl methyl sites for hydroxylation is 1. The van der Waals surface area contributed by atoms with Crippen LogP contribution in [0.3, 0.4) is 0 Å². The van der Waals surface area contributed by atoms with Crippen molar-refractivity contribution in [3.63, 3.8) is 0 Å². The number of nitrogens with two attached hydrogens (primary N) is 1. The molecule has 1 aromatic rings. The van der Waals surface area contributed by atoms with Gasteiger partial charge in [-0.15, -0.1) is 0 Å². The highest BCUT2D eigenvalue weighted by Gasteiger charge is 2.42. The average Bonchev–Trinajstić information content (AvgIpc) is 2.84. The Labute approximate surface area is 139 Å². The zero-order valence-corrected chi connectivity index (χ0v) is 14.5. The summed E-state index contributed by atoms with van der Waals surface area (Å²) in [7, 11) is 0. The zero-order valence-electron chi connectivity index (χ0n) is 14.5. The van der Waals surface area contributed by atoms with Crippen LogP contribution in [0.1, 0.15) is 56.7 Å². The predicted octanol–water partition coefficient (Wildman–Crippen LogP) is 3.36. The average molecular weight is 316 g/mol. The molecule has 0 atom stereocenters. The Morgan fingerprint density at radius 3 is 2.57 bits per heavy atom. The van der Waals surface area contributed by atoms with E-state index in [4.69, 9.17) is 10.5 Å². The molecular weight excluding hydrogens is 288 g/mol. The molecule has 1 spiro atoms. The minimum absolute atomic E-state index is 0.179. The molecule has 1 aliphatic heterocycles. The molecule has 4 heteroatoms. The van der Waals surface area contributed by atoms with E-state index in [-0.39, 0.29) is 11.5 Å². The first-order chi connectivity index (χ1) is 10.8. The van der Waals surface area contributed by atoms with E-state index in [2.05, 4.69) is 18.2 Å². The van der Waals surface area contributed by atoms with Crippen molar-refractivity contribution in [2.45, 2.75) is 64.0 Å². The number of rotatable bonds is 1. The summed E-state index contributed by atoms with van der Waals surface area (Å²) >= 11 is 0. The normalized spacial score (nSPS) is 19.7. The largest absolute Gasteiger partial charge is 0.444 e. The summed E-state index contributed by atoms with van der Waals surface area (Å²) < 4.78 is 5.50. The van der Waals surface area contributed by atoms with E-state index in [1.54, 1.807) is 0 Å². The van der Waals surface area contributed by atoms with Crippen LogP contribution in [0.15, 0.2) is 18.2 Å². The summed E-state index contributed by atoms with van der Waals surface area (Å²) in [6.07, 6.45) is 4.20. The number of benzene rings is 1. The Morgan fingerprint density at radius 2 is 1.96 bits per heavy atom. The van der Waals surface area contributed by atoms with Crippen molar-refractivity contribution in [1.29, 1.82) is 0 Å². The van der Waals surface area contributed by atoms with Crippen LogP contribution in [0.25, 0.3) is 0 Å². The van der Waals surface area contributed by atoms with E-state index in [0.29, 0.717) is 6.54 Å². The Balaban J connectivity index is 1.72. The van der Waals surface area contributed by atoms with E-state index in [0.717, 1.165) is 32.4 Å². The van der Waals surface area contributed by atoms with Crippen LogP contribution in [0, 0.1) is 0 Å². The number of hydrogen-bond donors (Lipinski definition) is 1. The molecule has 1 fully saturated rings. The summed E-state index contributed by atoms with van der Waals surface area (Å²) in [5.41, 5.74) is 9.77. The second-order valence-electron chi connectivity index (χ2n) is 7.94. The lowest BCUT2D eigenvalue weighted by atomic mass is 9.73. The van der Waals surface area contributed by atoms with Crippen molar-refractivity contribution < 1.29 is 9.53 Å². The minimum atomic E-state index is -0.428. The number of amides is 1. The molecule has 0 unspecified atom stereocenters. The number of piperidine rings is 1. The molecule has 1 saturated heterocycles. The predicted molar refractivity (Wildman–Crippen MR) is 91.4 cm³/mol. The van der Waals surface area contributed by atoms with Gasteiger partial charge in [0.2, 0.25) is 0 Å². The Hall–Kier alpha value is -1.55. The van der Waals surface area contributed by atoms with Gasteiger partial charge in [0.15, 0.2) is 0 Å². The van der Waals surface area contributed by atoms with Crippen molar-refractivity contribution in [2.24, 2.45) is 5.73 Å². The van der Waals surface area contributed by atoms with Crippen LogP contribution in [0.2, 0.25) is 0 Å². The fraction of sp³-hybridized carbons (Fsp3) is 0.632. The van der Waals surface area contributed by atoms with Gasteiger partial charge >= 0.3 is 6.09 Å². The lowest BCUT2D eigenvalue weighted by Crippen LogP contribution is -2.46. The first-order valence-corrected chi connectivity index (χ1v) is 8.63. The molecule has 4 nitrogen and oxygen atoms in total. The molecule has 23 heavy (non-hydrogen) atoms. The fourth-order valence-corrected chi connectivity index (χ4v) is 3.93. The van der Waals surface area contributed by atoms with E-state index in [1.807, 2.05) is 25.7 Å². The highest BCUT2D eigenvalue weighted by atomic mass is 16.6. The Morgan fingerprint density at radius 1 is 1.26 bits per heavy atom. The van der Waals surface area contributed by atoms with Crippen molar-refractivity contribution >= 4 is 6.09 Å². The summed E-state index contributed by atoms with van der Waals surface area (Å²) in [4.78, 5) is 14.1. The summed E-state index contributed by atoms with van der Waals surface area (Å²) in [5, 5.41) is 0. The van der Waals surface area contributed by atoms with E-state index >= 15 is 0 Å². The number of carbonyl (C=O) groups excluding carboxylic acids is 1. The van der Waals surface area contributed by atoms with Gasteiger partial charge in [0, 0.05) is 19.6 Å². The summed E-state index contributed by atoms with van der Waals surface area (Å²) in [5.74, 6) is 0. The van der Waals surface area contributed by atoms with Gasteiger partial charge in [-0.1, -0.05) is 18.2 Å². The van der Waals surface area contributed by atoms with Crippen LogP contribution in [-0.4, -0.2) is 29.7 Å². The SMILES string of the molecule is CC(C)(C)OC(=O)N1CCC2(CCc3ccc(CN)cc32)CC1. The van der Waals surface area contributed by atoms with Crippen molar-refractivity contribution in [1.82, 2.24) is 4.90 Å². The number of ether oxygens (including phenoxy) is 1. The summed E-state index contributed by atoms with van der Waals surface area (Å²) in [6, 6.07) is 6.69. The molecular formula is C19H28N2O2. The molecule has 1 heterocycles. The van der Waals surface area contributed by atoms with Gasteiger partial charge < -0.3 is 15.4 Å². The summed E-state index contributed by atoms with van der Waals surface area (Å²) in [6.45, 7) is 7.89. The molecule has 2 aliphatic rings. The second kappa shape index (κ2) is 5.82. The molecule has 1 amide bonds. The van der Waals surface area contributed by atoms with Gasteiger partial charge in [-0.3, -0.25) is 0 Å². The molecule has 0 bridgehead atoms. The van der Waals surface area contributed by atoms with Crippen molar-refractivity contribution in [3.05, 3.63) is 34.9 Å². The maximum Gasteiger partial charge on any atom is 0.410 e. The number of carbonyl (C=O) groups is 1. The lowest BCUT2D eigenvalue weighted by molar-refractivity contribution is 0.0164. The monoisotopic (exact) mass is 316 g/mol. The molecule has 3 rings (SSSR count). The Bertz CT molecular complexity index is 596. The maximum atomic E-state index is 12.3. The van der Waals surface area contributed by atoms with Crippen LogP contribution in [0.5, 0.6) is 0 Å². The highest BCUT2D eigenvalue weighted by molar-refractivity contribution is 5.68. The Kier molecular flexibility index (Phi) is 4.13. The number of nitrogens with zero attached hydrogens (tertiary/aromatic N) is 1. The molecule has 1 aromatic carbocycles. The van der Waals surface area contributed by atoms with Crippen LogP contribution >= 0.6 is 0 Å². The molecule has 2 N–H and O–H groups in total. The smallest absolute Gasteiger partial charge is 0.410 e. The first kappa shape index (κ1) is 16.3. The maximum absolute atomic E-state index is 12.3. The van der Waals surface area contributed by atoms with Gasteiger partial charge in [0.1, 0.15) is 5.60 Å². The lowest BCUT2D eigenvalue weighted by Gasteiger charge is -2.40. The first-order valence-electron chi connectivity index (χ1n) is 8.63. The van der Waals surface area contributed by atoms with Crippen LogP contribution in [-0.2, 0) is 23.1 Å². The molecule has 126 valence electrons. The van der Waals surface area contributed by atoms with Crippen molar-refractivity contribution in [3.8, 4) is 0 Å². The minimum Gasteiger partial charge on any atom is -0.444 e. The third-order valence-corrected chi connectivity index (χ3v) is 5.23. The van der Waals surface area contributed by atoms with Gasteiger partial charge in [0.05, 0.1) is 0 Å². The topological polar surface area (TPSA) is 55.6 Å². The number of likely N-dealkylation sites (tertiary alicyclic amines) is 1. The molecule has 0 radical (unpaired) electrons. The third kappa shape index (κ3) is 3.23. The van der Waals surface area contributed by atoms with Crippen LogP contribution in [0.4, 0.5) is 4.79 Å². The van der Waals surface area contributed by atoms with E-state index in [9.17, 15) is 4.79 Å². The standard InChI is InChI=1S/C19H28N2O2/c1-18(2,3)23-17(22)21-10-8-19(9-11-21)7-6-15-5-4-14(13-20)12-16(15)19/h4-5,12H,6-11,13,20H2,1-3H3. The van der Waals surface area contributed by atoms with Gasteiger partial charge in [-0.05, 0) is 68.6 Å². The fourth-order valence-electron chi connectivity index (χ4n) is 3.93. The molecule has 1 aliphatic carbocycles. The van der Waals surface area contributed by atoms with Gasteiger partial charge in [-0.2, -0.15) is 0 Å². The van der Waals surface area contributed by atoms with Crippen LogP contribution < -0.4 is 5.73 Å². The molecule has 0 aromatic heterocycles. The number of fused-ring (bicyclic) bond motifs is 2. The highest BCUT2D eigenvalue weighted by Crippen LogP contribution is 2.46. The van der Waals surface area contributed by atoms with Gasteiger partial charge in [0.25, 0.3) is 0 Å². The number of hydrogen-bond acceptors (Lipinski definition) is 3. The zero-order chi connectivity index (χ0) is 16.7. The quantitative estimate of drug-likeness (QED) is 0.864.